The second kappa shape index (κ2) is 11.8. The Balaban J connectivity index is 1.61. The molecule has 2 saturated heterocycles. The van der Waals surface area contributed by atoms with Gasteiger partial charge in [0.1, 0.15) is 42.7 Å². The molecule has 3 aliphatic rings. The zero-order valence-electron chi connectivity index (χ0n) is 20.8. The first-order valence-corrected chi connectivity index (χ1v) is 12.3. The molecule has 0 radical (unpaired) electrons. The van der Waals surface area contributed by atoms with Crippen molar-refractivity contribution in [1.82, 2.24) is 0 Å². The van der Waals surface area contributed by atoms with Crippen molar-refractivity contribution in [3.8, 4) is 0 Å². The molecule has 35 heavy (non-hydrogen) atoms. The van der Waals surface area contributed by atoms with E-state index in [2.05, 4.69) is 20.8 Å². The fraction of sp³-hybridized carbons (Fsp3) is 0.917. The van der Waals surface area contributed by atoms with Gasteiger partial charge in [0.05, 0.1) is 25.4 Å². The maximum absolute atomic E-state index is 10.5. The summed E-state index contributed by atoms with van der Waals surface area (Å²) < 4.78 is 22.5. The summed E-state index contributed by atoms with van der Waals surface area (Å²) in [5.74, 6) is 0.444. The van der Waals surface area contributed by atoms with Gasteiger partial charge in [-0.1, -0.05) is 32.9 Å². The minimum Gasteiger partial charge on any atom is -0.389 e. The lowest BCUT2D eigenvalue weighted by Crippen LogP contribution is -2.61. The molecule has 0 aromatic carbocycles. The second-order valence-electron chi connectivity index (χ2n) is 10.9. The lowest BCUT2D eigenvalue weighted by atomic mass is 9.63. The molecule has 0 bridgehead atoms. The highest BCUT2D eigenvalue weighted by Crippen LogP contribution is 2.46. The Morgan fingerprint density at radius 1 is 0.971 bits per heavy atom. The van der Waals surface area contributed by atoms with Crippen LogP contribution in [0.1, 0.15) is 40.5 Å². The van der Waals surface area contributed by atoms with E-state index in [1.807, 2.05) is 6.08 Å². The fourth-order valence-corrected chi connectivity index (χ4v) is 5.44. The second-order valence-corrected chi connectivity index (χ2v) is 10.9. The molecule has 0 spiro atoms. The number of aliphatic hydroxyl groups is 7. The van der Waals surface area contributed by atoms with Crippen molar-refractivity contribution in [2.45, 2.75) is 108 Å². The van der Waals surface area contributed by atoms with Crippen LogP contribution >= 0.6 is 0 Å². The predicted molar refractivity (Wildman–Crippen MR) is 122 cm³/mol. The Labute approximate surface area is 205 Å². The number of allylic oxidation sites excluding steroid dienone is 1. The summed E-state index contributed by atoms with van der Waals surface area (Å²) in [5, 5.41) is 70.3. The number of rotatable bonds is 7. The highest BCUT2D eigenvalue weighted by molar-refractivity contribution is 5.03. The van der Waals surface area contributed by atoms with E-state index in [1.54, 1.807) is 13.0 Å². The van der Waals surface area contributed by atoms with Crippen molar-refractivity contribution in [3.63, 3.8) is 0 Å². The van der Waals surface area contributed by atoms with E-state index in [-0.39, 0.29) is 36.6 Å². The number of aliphatic hydroxyl groups excluding tert-OH is 7. The maximum atomic E-state index is 10.5. The van der Waals surface area contributed by atoms with Crippen LogP contribution in [-0.2, 0) is 18.9 Å². The molecule has 0 amide bonds. The molecule has 13 atom stereocenters. The molecule has 11 heteroatoms. The molecule has 0 aromatic heterocycles. The summed E-state index contributed by atoms with van der Waals surface area (Å²) in [7, 11) is 0. The van der Waals surface area contributed by atoms with Gasteiger partial charge in [-0.15, -0.1) is 0 Å². The summed E-state index contributed by atoms with van der Waals surface area (Å²) in [6.45, 7) is 7.47. The quantitative estimate of drug-likeness (QED) is 0.203. The molecule has 7 N–H and O–H groups in total. The molecular weight excluding hydrogens is 464 g/mol. The van der Waals surface area contributed by atoms with Gasteiger partial charge in [0, 0.05) is 0 Å². The molecule has 1 aliphatic carbocycles. The number of hydrogen-bond donors (Lipinski definition) is 7. The van der Waals surface area contributed by atoms with Gasteiger partial charge in [0.25, 0.3) is 0 Å². The van der Waals surface area contributed by atoms with Crippen LogP contribution in [0.3, 0.4) is 0 Å². The van der Waals surface area contributed by atoms with Crippen molar-refractivity contribution in [2.24, 2.45) is 17.3 Å². The molecule has 0 aromatic rings. The minimum absolute atomic E-state index is 0.159. The molecule has 3 rings (SSSR count). The minimum atomic E-state index is -1.55. The lowest BCUT2D eigenvalue weighted by Gasteiger charge is -2.47. The Morgan fingerprint density at radius 2 is 1.63 bits per heavy atom. The first kappa shape index (κ1) is 28.9. The standard InChI is InChI=1S/C24H42O11/c1-11-7-13(8-24(3,4)14(11)6-5-12(2)25)34-23-21(31)19(29)18(28)16(35-23)10-33-22-20(30)17(27)15(26)9-32-22/h5-6,11-23,25-31H,7-10H2,1-4H3/b6-5+/t11-,12-,13+,14+,15+,16-,17+,18-,19+,20-,21-,22+,23-/m1/s1. The molecule has 3 fully saturated rings. The third-order valence-electron chi connectivity index (χ3n) is 7.37. The van der Waals surface area contributed by atoms with E-state index in [0.29, 0.717) is 12.8 Å². The first-order valence-electron chi connectivity index (χ1n) is 12.3. The van der Waals surface area contributed by atoms with Gasteiger partial charge < -0.3 is 54.7 Å². The number of hydrogen-bond acceptors (Lipinski definition) is 11. The third-order valence-corrected chi connectivity index (χ3v) is 7.37. The van der Waals surface area contributed by atoms with Gasteiger partial charge in [0.2, 0.25) is 0 Å². The van der Waals surface area contributed by atoms with Gasteiger partial charge in [0.15, 0.2) is 12.6 Å². The predicted octanol–water partition coefficient (Wildman–Crippen LogP) is -1.36. The lowest BCUT2D eigenvalue weighted by molar-refractivity contribution is -0.330. The van der Waals surface area contributed by atoms with Crippen LogP contribution in [0.25, 0.3) is 0 Å². The van der Waals surface area contributed by atoms with Crippen molar-refractivity contribution in [2.75, 3.05) is 13.2 Å². The van der Waals surface area contributed by atoms with Crippen LogP contribution in [0.15, 0.2) is 12.2 Å². The Bertz CT molecular complexity index is 701. The summed E-state index contributed by atoms with van der Waals surface area (Å²) in [4.78, 5) is 0. The smallest absolute Gasteiger partial charge is 0.186 e. The molecule has 2 heterocycles. The van der Waals surface area contributed by atoms with E-state index in [1.165, 1.54) is 0 Å². The van der Waals surface area contributed by atoms with E-state index in [4.69, 9.17) is 18.9 Å². The van der Waals surface area contributed by atoms with Gasteiger partial charge in [-0.3, -0.25) is 0 Å². The van der Waals surface area contributed by atoms with Crippen LogP contribution < -0.4 is 0 Å². The third kappa shape index (κ3) is 6.79. The Hall–Kier alpha value is -0.700. The molecule has 2 aliphatic heterocycles. The van der Waals surface area contributed by atoms with Gasteiger partial charge in [-0.25, -0.2) is 0 Å². The summed E-state index contributed by atoms with van der Waals surface area (Å²) >= 11 is 0. The highest BCUT2D eigenvalue weighted by atomic mass is 16.7. The van der Waals surface area contributed by atoms with Gasteiger partial charge >= 0.3 is 0 Å². The Morgan fingerprint density at radius 3 is 2.26 bits per heavy atom. The topological polar surface area (TPSA) is 179 Å². The van der Waals surface area contributed by atoms with Crippen molar-refractivity contribution in [1.29, 1.82) is 0 Å². The monoisotopic (exact) mass is 506 g/mol. The normalized spacial score (nSPS) is 47.6. The van der Waals surface area contributed by atoms with Crippen LogP contribution in [0, 0.1) is 17.3 Å². The average molecular weight is 507 g/mol. The van der Waals surface area contributed by atoms with Crippen LogP contribution in [-0.4, -0.2) is 116 Å². The maximum Gasteiger partial charge on any atom is 0.186 e. The summed E-state index contributed by atoms with van der Waals surface area (Å²) in [6.07, 6.45) is -7.98. The van der Waals surface area contributed by atoms with E-state index in [9.17, 15) is 35.7 Å². The molecule has 1 saturated carbocycles. The van der Waals surface area contributed by atoms with E-state index in [0.717, 1.165) is 0 Å². The van der Waals surface area contributed by atoms with E-state index < -0.39 is 61.4 Å². The molecule has 204 valence electrons. The number of ether oxygens (including phenoxy) is 4. The van der Waals surface area contributed by atoms with Crippen molar-refractivity contribution < 1.29 is 54.7 Å². The first-order chi connectivity index (χ1) is 16.3. The van der Waals surface area contributed by atoms with Gasteiger partial charge in [-0.05, 0) is 37.0 Å². The van der Waals surface area contributed by atoms with Crippen molar-refractivity contribution >= 4 is 0 Å². The van der Waals surface area contributed by atoms with Crippen LogP contribution in [0.2, 0.25) is 0 Å². The van der Waals surface area contributed by atoms with E-state index >= 15 is 0 Å². The molecule has 0 unspecified atom stereocenters. The zero-order chi connectivity index (χ0) is 26.1. The molecular formula is C24H42O11. The van der Waals surface area contributed by atoms with Crippen LogP contribution in [0.4, 0.5) is 0 Å². The summed E-state index contributed by atoms with van der Waals surface area (Å²) in [6, 6.07) is 0. The fourth-order valence-electron chi connectivity index (χ4n) is 5.44. The van der Waals surface area contributed by atoms with Gasteiger partial charge in [-0.2, -0.15) is 0 Å². The summed E-state index contributed by atoms with van der Waals surface area (Å²) in [5.41, 5.74) is -0.159. The average Bonchev–Trinajstić information content (AvgIpc) is 2.77. The Kier molecular flexibility index (Phi) is 9.72. The van der Waals surface area contributed by atoms with Crippen molar-refractivity contribution in [3.05, 3.63) is 12.2 Å². The van der Waals surface area contributed by atoms with Crippen LogP contribution in [0.5, 0.6) is 0 Å². The molecule has 11 nitrogen and oxygen atoms in total. The highest BCUT2D eigenvalue weighted by Gasteiger charge is 2.48. The SMILES string of the molecule is C[C@@H]1C[C@H](O[C@@H]2O[C@H](CO[C@@H]3OC[C@H](O)[C@H](O)[C@H]3O)[C@@H](O)[C@H](O)[C@H]2O)CC(C)(C)[C@H]1/C=C/[C@@H](C)O. The zero-order valence-corrected chi connectivity index (χ0v) is 20.8. The largest absolute Gasteiger partial charge is 0.389 e.